The van der Waals surface area contributed by atoms with Crippen LogP contribution in [-0.2, 0) is 4.79 Å². The predicted octanol–water partition coefficient (Wildman–Crippen LogP) is 1.77. The minimum atomic E-state index is -0.545. The van der Waals surface area contributed by atoms with E-state index in [0.29, 0.717) is 11.4 Å². The van der Waals surface area contributed by atoms with E-state index in [-0.39, 0.29) is 5.91 Å². The molecule has 4 heteroatoms. The molecular formula is C11H14N3O. The van der Waals surface area contributed by atoms with Crippen molar-refractivity contribution in [3.63, 3.8) is 0 Å². The fraction of sp³-hybridized carbons (Fsp3) is 0.364. The zero-order valence-electron chi connectivity index (χ0n) is 9.09. The summed E-state index contributed by atoms with van der Waals surface area (Å²) in [4.78, 5) is 13.7. The molecule has 2 N–H and O–H groups in total. The van der Waals surface area contributed by atoms with Crippen LogP contribution < -0.4 is 16.0 Å². The Balaban J connectivity index is 2.55. The fourth-order valence-electron chi connectivity index (χ4n) is 1.66. The van der Waals surface area contributed by atoms with Crippen molar-refractivity contribution < 1.29 is 4.79 Å². The first kappa shape index (κ1) is 9.83. The van der Waals surface area contributed by atoms with Crippen LogP contribution in [0, 0.1) is 0 Å². The number of nitrogens with zero attached hydrogens (tertiary/aromatic N) is 1. The molecule has 0 saturated carbocycles. The van der Waals surface area contributed by atoms with Crippen molar-refractivity contribution in [1.29, 1.82) is 0 Å². The second-order valence-corrected chi connectivity index (χ2v) is 4.30. The number of fused-ring (bicyclic) bond motifs is 1. The summed E-state index contributed by atoms with van der Waals surface area (Å²) in [6.07, 6.45) is 0. The average molecular weight is 204 g/mol. The van der Waals surface area contributed by atoms with Gasteiger partial charge in [0.05, 0.1) is 17.1 Å². The van der Waals surface area contributed by atoms with Crippen LogP contribution in [0.3, 0.4) is 0 Å². The Kier molecular flexibility index (Phi) is 1.89. The normalized spacial score (nSPS) is 18.3. The Morgan fingerprint density at radius 2 is 2.07 bits per heavy atom. The molecule has 4 nitrogen and oxygen atoms in total. The van der Waals surface area contributed by atoms with E-state index in [1.807, 2.05) is 31.9 Å². The minimum Gasteiger partial charge on any atom is -0.359 e. The minimum absolute atomic E-state index is 0.0388. The molecule has 1 amide bonds. The summed E-state index contributed by atoms with van der Waals surface area (Å²) in [5.41, 5.74) is 9.03. The number of carbonyl (C=O) groups excluding carboxylic acids is 1. The molecule has 0 atom stereocenters. The largest absolute Gasteiger partial charge is 0.359 e. The summed E-state index contributed by atoms with van der Waals surface area (Å²) >= 11 is 0. The van der Waals surface area contributed by atoms with E-state index < -0.39 is 5.54 Å². The molecule has 1 aromatic rings. The van der Waals surface area contributed by atoms with Crippen molar-refractivity contribution >= 4 is 23.0 Å². The van der Waals surface area contributed by atoms with Crippen LogP contribution in [0.4, 0.5) is 17.1 Å². The number of nitrogens with one attached hydrogen (secondary N) is 2. The molecule has 1 aromatic carbocycles. The van der Waals surface area contributed by atoms with Gasteiger partial charge >= 0.3 is 0 Å². The third-order valence-electron chi connectivity index (χ3n) is 3.00. The van der Waals surface area contributed by atoms with Crippen LogP contribution in [0.25, 0.3) is 0 Å². The third-order valence-corrected chi connectivity index (χ3v) is 3.00. The molecular weight excluding hydrogens is 190 g/mol. The number of benzene rings is 1. The molecule has 1 heterocycles. The van der Waals surface area contributed by atoms with Gasteiger partial charge in [0.1, 0.15) is 5.54 Å². The summed E-state index contributed by atoms with van der Waals surface area (Å²) in [6.45, 7) is 3.75. The lowest BCUT2D eigenvalue weighted by Crippen LogP contribution is -2.54. The summed E-state index contributed by atoms with van der Waals surface area (Å²) in [5.74, 6) is -0.0388. The highest BCUT2D eigenvalue weighted by Gasteiger charge is 2.37. The lowest BCUT2D eigenvalue weighted by molar-refractivity contribution is -0.120. The highest BCUT2D eigenvalue weighted by Crippen LogP contribution is 2.36. The number of rotatable bonds is 0. The van der Waals surface area contributed by atoms with E-state index in [2.05, 4.69) is 5.32 Å². The highest BCUT2D eigenvalue weighted by atomic mass is 16.2. The maximum atomic E-state index is 11.8. The Bertz CT molecular complexity index is 426. The van der Waals surface area contributed by atoms with Crippen LogP contribution in [0.5, 0.6) is 0 Å². The lowest BCUT2D eigenvalue weighted by Gasteiger charge is -2.41. The van der Waals surface area contributed by atoms with Crippen molar-refractivity contribution in [2.24, 2.45) is 0 Å². The quantitative estimate of drug-likeness (QED) is 0.700. The average Bonchev–Trinajstić information content (AvgIpc) is 2.15. The molecule has 15 heavy (non-hydrogen) atoms. The topological polar surface area (TPSA) is 56.1 Å². The lowest BCUT2D eigenvalue weighted by atomic mass is 9.97. The SMILES string of the molecule is CN1c2ccc([NH])cc2NC(=O)C1(C)C. The first-order valence-electron chi connectivity index (χ1n) is 4.84. The standard InChI is InChI=1S/C11H14N3O/c1-11(2)10(15)13-8-6-7(12)4-5-9(8)14(11)3/h4-6,12H,1-3H3,(H,13,15). The Hall–Kier alpha value is -1.71. The molecule has 0 fully saturated rings. The van der Waals surface area contributed by atoms with Crippen molar-refractivity contribution in [3.8, 4) is 0 Å². The number of carbonyl (C=O) groups is 1. The van der Waals surface area contributed by atoms with E-state index in [0.717, 1.165) is 5.69 Å². The number of hydrogen-bond donors (Lipinski definition) is 1. The van der Waals surface area contributed by atoms with Gasteiger partial charge in [0.25, 0.3) is 0 Å². The Morgan fingerprint density at radius 3 is 2.73 bits per heavy atom. The van der Waals surface area contributed by atoms with Gasteiger partial charge in [-0.3, -0.25) is 4.79 Å². The third kappa shape index (κ3) is 1.33. The maximum Gasteiger partial charge on any atom is 0.249 e. The Morgan fingerprint density at radius 1 is 1.40 bits per heavy atom. The van der Waals surface area contributed by atoms with Gasteiger partial charge in [-0.15, -0.1) is 0 Å². The van der Waals surface area contributed by atoms with E-state index in [4.69, 9.17) is 5.73 Å². The summed E-state index contributed by atoms with van der Waals surface area (Å²) in [6, 6.07) is 5.25. The summed E-state index contributed by atoms with van der Waals surface area (Å²) in [7, 11) is 1.89. The zero-order chi connectivity index (χ0) is 11.2. The van der Waals surface area contributed by atoms with Crippen molar-refractivity contribution in [1.82, 2.24) is 5.73 Å². The van der Waals surface area contributed by atoms with Gasteiger partial charge < -0.3 is 16.0 Å². The van der Waals surface area contributed by atoms with Gasteiger partial charge in [-0.05, 0) is 32.0 Å². The van der Waals surface area contributed by atoms with Gasteiger partial charge in [-0.25, -0.2) is 0 Å². The summed E-state index contributed by atoms with van der Waals surface area (Å²) in [5, 5.41) is 2.82. The van der Waals surface area contributed by atoms with Crippen LogP contribution >= 0.6 is 0 Å². The van der Waals surface area contributed by atoms with Crippen molar-refractivity contribution in [2.75, 3.05) is 17.3 Å². The van der Waals surface area contributed by atoms with Gasteiger partial charge in [0.15, 0.2) is 0 Å². The summed E-state index contributed by atoms with van der Waals surface area (Å²) < 4.78 is 0. The number of likely N-dealkylation sites (N-methyl/N-ethyl adjacent to an activating group) is 1. The molecule has 1 aliphatic rings. The molecule has 0 unspecified atom stereocenters. The fourth-order valence-corrected chi connectivity index (χ4v) is 1.66. The zero-order valence-corrected chi connectivity index (χ0v) is 9.09. The van der Waals surface area contributed by atoms with Crippen molar-refractivity contribution in [2.45, 2.75) is 19.4 Å². The highest BCUT2D eigenvalue weighted by molar-refractivity contribution is 6.06. The monoisotopic (exact) mass is 204 g/mol. The van der Waals surface area contributed by atoms with Gasteiger partial charge in [0.2, 0.25) is 5.91 Å². The molecule has 1 aliphatic heterocycles. The van der Waals surface area contributed by atoms with Crippen LogP contribution in [0.1, 0.15) is 13.8 Å². The van der Waals surface area contributed by atoms with Crippen LogP contribution in [0.15, 0.2) is 18.2 Å². The first-order chi connectivity index (χ1) is 6.93. The number of amides is 1. The molecule has 79 valence electrons. The molecule has 0 spiro atoms. The first-order valence-corrected chi connectivity index (χ1v) is 4.84. The predicted molar refractivity (Wildman–Crippen MR) is 60.3 cm³/mol. The number of hydrogen-bond acceptors (Lipinski definition) is 2. The second-order valence-electron chi connectivity index (χ2n) is 4.30. The molecule has 2 rings (SSSR count). The Labute approximate surface area is 89.1 Å². The maximum absolute atomic E-state index is 11.8. The van der Waals surface area contributed by atoms with Crippen LogP contribution in [0.2, 0.25) is 0 Å². The van der Waals surface area contributed by atoms with Gasteiger partial charge in [0, 0.05) is 7.05 Å². The molecule has 0 bridgehead atoms. The van der Waals surface area contributed by atoms with E-state index in [9.17, 15) is 4.79 Å². The molecule has 1 radical (unpaired) electrons. The molecule has 0 saturated heterocycles. The van der Waals surface area contributed by atoms with E-state index in [1.54, 1.807) is 12.1 Å². The van der Waals surface area contributed by atoms with Gasteiger partial charge in [-0.2, -0.15) is 0 Å². The smallest absolute Gasteiger partial charge is 0.249 e. The van der Waals surface area contributed by atoms with Crippen molar-refractivity contribution in [3.05, 3.63) is 18.2 Å². The van der Waals surface area contributed by atoms with E-state index >= 15 is 0 Å². The molecule has 0 aromatic heterocycles. The second kappa shape index (κ2) is 2.89. The number of anilines is 2. The van der Waals surface area contributed by atoms with Crippen LogP contribution in [-0.4, -0.2) is 18.5 Å². The van der Waals surface area contributed by atoms with E-state index in [1.165, 1.54) is 0 Å². The molecule has 0 aliphatic carbocycles. The van der Waals surface area contributed by atoms with Gasteiger partial charge in [-0.1, -0.05) is 0 Å².